The second-order valence-electron chi connectivity index (χ2n) is 6.32. The molecular weight excluding hydrogens is 292 g/mol. The van der Waals surface area contributed by atoms with E-state index in [4.69, 9.17) is 11.6 Å². The number of halogens is 1. The average molecular weight is 307 g/mol. The molecule has 4 nitrogen and oxygen atoms in total. The minimum atomic E-state index is 0.464. The van der Waals surface area contributed by atoms with Gasteiger partial charge in [0.1, 0.15) is 11.8 Å². The van der Waals surface area contributed by atoms with E-state index in [2.05, 4.69) is 31.3 Å². The van der Waals surface area contributed by atoms with Crippen molar-refractivity contribution in [1.29, 1.82) is 0 Å². The van der Waals surface area contributed by atoms with Gasteiger partial charge in [-0.15, -0.1) is 0 Å². The number of aromatic nitrogens is 4. The fourth-order valence-corrected chi connectivity index (χ4v) is 6.67. The fraction of sp³-hybridized carbons (Fsp3) is 0.643. The number of imidazole rings is 1. The van der Waals surface area contributed by atoms with Crippen LogP contribution in [-0.4, -0.2) is 31.0 Å². The van der Waals surface area contributed by atoms with Crippen molar-refractivity contribution < 1.29 is 0 Å². The first-order valence-corrected chi connectivity index (χ1v) is 8.77. The Kier molecular flexibility index (Phi) is 2.42. The van der Waals surface area contributed by atoms with Crippen LogP contribution in [0, 0.1) is 23.7 Å². The first kappa shape index (κ1) is 11.8. The molecule has 2 aliphatic carbocycles. The van der Waals surface area contributed by atoms with Crippen LogP contribution in [0.2, 0.25) is 5.15 Å². The Hall–Kier alpha value is -0.810. The van der Waals surface area contributed by atoms with Gasteiger partial charge in [-0.05, 0) is 48.0 Å². The first-order chi connectivity index (χ1) is 9.83. The fourth-order valence-electron chi connectivity index (χ4n) is 4.80. The number of hydrogen-bond donors (Lipinski definition) is 0. The molecular formula is C14H15ClN4S. The minimum Gasteiger partial charge on any atom is -0.312 e. The number of fused-ring (bicyclic) bond motifs is 6. The maximum absolute atomic E-state index is 6.11. The van der Waals surface area contributed by atoms with Crippen LogP contribution in [0.5, 0.6) is 0 Å². The summed E-state index contributed by atoms with van der Waals surface area (Å²) in [5.41, 5.74) is 1.65. The van der Waals surface area contributed by atoms with Gasteiger partial charge in [0, 0.05) is 6.04 Å². The van der Waals surface area contributed by atoms with Crippen molar-refractivity contribution in [2.75, 3.05) is 11.5 Å². The van der Waals surface area contributed by atoms with Crippen LogP contribution in [0.4, 0.5) is 0 Å². The van der Waals surface area contributed by atoms with Gasteiger partial charge in [-0.2, -0.15) is 11.8 Å². The number of hydrogen-bond acceptors (Lipinski definition) is 4. The minimum absolute atomic E-state index is 0.464. The summed E-state index contributed by atoms with van der Waals surface area (Å²) in [4.78, 5) is 12.9. The molecule has 0 N–H and O–H groups in total. The van der Waals surface area contributed by atoms with E-state index in [1.165, 1.54) is 24.3 Å². The molecule has 0 radical (unpaired) electrons. The van der Waals surface area contributed by atoms with Crippen molar-refractivity contribution >= 4 is 34.5 Å². The van der Waals surface area contributed by atoms with Gasteiger partial charge in [-0.25, -0.2) is 15.0 Å². The van der Waals surface area contributed by atoms with E-state index in [0.29, 0.717) is 11.2 Å². The average Bonchev–Trinajstić information content (AvgIpc) is 3.19. The van der Waals surface area contributed by atoms with Crippen LogP contribution >= 0.6 is 23.4 Å². The number of thioether (sulfide) groups is 1. The van der Waals surface area contributed by atoms with E-state index in [1.807, 2.05) is 6.33 Å². The smallest absolute Gasteiger partial charge is 0.165 e. The summed E-state index contributed by atoms with van der Waals surface area (Å²) < 4.78 is 2.27. The van der Waals surface area contributed by atoms with Gasteiger partial charge in [0.2, 0.25) is 0 Å². The highest BCUT2D eigenvalue weighted by molar-refractivity contribution is 7.99. The second kappa shape index (κ2) is 4.10. The van der Waals surface area contributed by atoms with Gasteiger partial charge in [0.25, 0.3) is 0 Å². The van der Waals surface area contributed by atoms with E-state index in [0.717, 1.165) is 34.8 Å². The van der Waals surface area contributed by atoms with Gasteiger partial charge < -0.3 is 4.57 Å². The summed E-state index contributed by atoms with van der Waals surface area (Å²) in [6.45, 7) is 0. The van der Waals surface area contributed by atoms with E-state index in [1.54, 1.807) is 6.33 Å². The SMILES string of the molecule is Clc1ncnc2c1ncn2C1C[C@@H]2C[C@@H]1C1CSCC12. The zero-order chi connectivity index (χ0) is 13.3. The van der Waals surface area contributed by atoms with Crippen molar-refractivity contribution in [2.24, 2.45) is 23.7 Å². The summed E-state index contributed by atoms with van der Waals surface area (Å²) in [6, 6.07) is 0.566. The van der Waals surface area contributed by atoms with Crippen LogP contribution in [0.1, 0.15) is 18.9 Å². The topological polar surface area (TPSA) is 43.6 Å². The van der Waals surface area contributed by atoms with E-state index in [-0.39, 0.29) is 0 Å². The molecule has 104 valence electrons. The molecule has 2 aromatic rings. The maximum atomic E-state index is 6.11. The molecule has 3 fully saturated rings. The largest absolute Gasteiger partial charge is 0.312 e. The number of nitrogens with zero attached hydrogens (tertiary/aromatic N) is 4. The van der Waals surface area contributed by atoms with Crippen molar-refractivity contribution in [3.8, 4) is 0 Å². The monoisotopic (exact) mass is 306 g/mol. The van der Waals surface area contributed by atoms with Crippen LogP contribution in [0.25, 0.3) is 11.2 Å². The van der Waals surface area contributed by atoms with E-state index in [9.17, 15) is 0 Å². The quantitative estimate of drug-likeness (QED) is 0.760. The Bertz CT molecular complexity index is 687. The van der Waals surface area contributed by atoms with Gasteiger partial charge in [-0.3, -0.25) is 0 Å². The van der Waals surface area contributed by atoms with Crippen molar-refractivity contribution in [3.05, 3.63) is 17.8 Å². The molecule has 20 heavy (non-hydrogen) atoms. The Morgan fingerprint density at radius 1 is 1.10 bits per heavy atom. The van der Waals surface area contributed by atoms with Crippen LogP contribution < -0.4 is 0 Å². The lowest BCUT2D eigenvalue weighted by Gasteiger charge is -2.31. The van der Waals surface area contributed by atoms with Gasteiger partial charge in [-0.1, -0.05) is 11.6 Å². The highest BCUT2D eigenvalue weighted by Crippen LogP contribution is 2.61. The molecule has 3 heterocycles. The zero-order valence-electron chi connectivity index (χ0n) is 10.9. The summed E-state index contributed by atoms with van der Waals surface area (Å²) >= 11 is 8.26. The molecule has 0 amide bonds. The second-order valence-corrected chi connectivity index (χ2v) is 7.75. The van der Waals surface area contributed by atoms with Gasteiger partial charge >= 0.3 is 0 Å². The predicted molar refractivity (Wildman–Crippen MR) is 79.9 cm³/mol. The third-order valence-corrected chi connectivity index (χ3v) is 7.13. The summed E-state index contributed by atoms with van der Waals surface area (Å²) in [7, 11) is 0. The third kappa shape index (κ3) is 1.43. The van der Waals surface area contributed by atoms with Gasteiger partial charge in [0.15, 0.2) is 10.8 Å². The van der Waals surface area contributed by atoms with Crippen molar-refractivity contribution in [2.45, 2.75) is 18.9 Å². The summed E-state index contributed by atoms with van der Waals surface area (Å²) in [5.74, 6) is 6.36. The molecule has 5 atom stereocenters. The van der Waals surface area contributed by atoms with Crippen molar-refractivity contribution in [1.82, 2.24) is 19.5 Å². The zero-order valence-corrected chi connectivity index (χ0v) is 12.5. The molecule has 5 rings (SSSR count). The standard InChI is InChI=1S/C14H15ClN4S/c15-13-12-14(17-5-16-13)19(6-18-12)11-2-7-1-8(11)10-4-20-3-9(7)10/h5-11H,1-4H2/t7-,8+,9?,10?,11?/m0/s1. The van der Waals surface area contributed by atoms with Crippen LogP contribution in [0.3, 0.4) is 0 Å². The molecule has 2 bridgehead atoms. The van der Waals surface area contributed by atoms with Crippen LogP contribution in [0.15, 0.2) is 12.7 Å². The molecule has 0 spiro atoms. The lowest BCUT2D eigenvalue weighted by molar-refractivity contribution is 0.210. The Balaban J connectivity index is 1.59. The summed E-state index contributed by atoms with van der Waals surface area (Å²) in [6.07, 6.45) is 6.16. The molecule has 0 aromatic carbocycles. The Morgan fingerprint density at radius 2 is 2.00 bits per heavy atom. The maximum Gasteiger partial charge on any atom is 0.165 e. The highest BCUT2D eigenvalue weighted by atomic mass is 35.5. The molecule has 3 unspecified atom stereocenters. The normalized spacial score (nSPS) is 38.8. The third-order valence-electron chi connectivity index (χ3n) is 5.61. The predicted octanol–water partition coefficient (Wildman–Crippen LogP) is 3.04. The number of rotatable bonds is 1. The summed E-state index contributed by atoms with van der Waals surface area (Å²) in [5, 5.41) is 0.464. The molecule has 3 aliphatic rings. The highest BCUT2D eigenvalue weighted by Gasteiger charge is 2.54. The Labute approximate surface area is 126 Å². The van der Waals surface area contributed by atoms with Crippen molar-refractivity contribution in [3.63, 3.8) is 0 Å². The lowest BCUT2D eigenvalue weighted by Crippen LogP contribution is -2.28. The van der Waals surface area contributed by atoms with E-state index >= 15 is 0 Å². The molecule has 2 aromatic heterocycles. The van der Waals surface area contributed by atoms with Gasteiger partial charge in [0.05, 0.1) is 6.33 Å². The first-order valence-electron chi connectivity index (χ1n) is 7.23. The lowest BCUT2D eigenvalue weighted by atomic mass is 9.79. The van der Waals surface area contributed by atoms with E-state index < -0.39 is 0 Å². The molecule has 2 saturated carbocycles. The molecule has 1 saturated heterocycles. The Morgan fingerprint density at radius 3 is 2.95 bits per heavy atom. The molecule has 1 aliphatic heterocycles. The van der Waals surface area contributed by atoms with Crippen LogP contribution in [-0.2, 0) is 0 Å². The molecule has 6 heteroatoms.